The normalized spacial score (nSPS) is 19.9. The van der Waals surface area contributed by atoms with Gasteiger partial charge >= 0.3 is 0 Å². The van der Waals surface area contributed by atoms with Gasteiger partial charge in [-0.05, 0) is 99.1 Å². The van der Waals surface area contributed by atoms with Gasteiger partial charge in [0.15, 0.2) is 0 Å². The highest BCUT2D eigenvalue weighted by Gasteiger charge is 2.37. The molecule has 1 heterocycles. The molecule has 4 aromatic rings. The van der Waals surface area contributed by atoms with Crippen molar-refractivity contribution in [2.75, 3.05) is 5.32 Å². The van der Waals surface area contributed by atoms with E-state index < -0.39 is 0 Å². The summed E-state index contributed by atoms with van der Waals surface area (Å²) in [5, 5.41) is 4.50. The van der Waals surface area contributed by atoms with Crippen molar-refractivity contribution in [1.29, 1.82) is 0 Å². The van der Waals surface area contributed by atoms with Gasteiger partial charge in [0.05, 0.1) is 16.2 Å². The van der Waals surface area contributed by atoms with Crippen molar-refractivity contribution in [3.8, 4) is 5.75 Å². The predicted molar refractivity (Wildman–Crippen MR) is 156 cm³/mol. The van der Waals surface area contributed by atoms with Crippen molar-refractivity contribution < 1.29 is 4.74 Å². The van der Waals surface area contributed by atoms with E-state index in [4.69, 9.17) is 21.3 Å². The Morgan fingerprint density at radius 3 is 2.68 bits per heavy atom. The molecule has 0 fully saturated rings. The third-order valence-electron chi connectivity index (χ3n) is 7.13. The highest BCUT2D eigenvalue weighted by Crippen LogP contribution is 2.49. The van der Waals surface area contributed by atoms with Gasteiger partial charge < -0.3 is 10.1 Å². The molecule has 3 nitrogen and oxygen atoms in total. The number of nitrogens with one attached hydrogen (secondary N) is 1. The molecule has 2 aliphatic rings. The van der Waals surface area contributed by atoms with Crippen LogP contribution in [0.4, 0.5) is 11.4 Å². The number of ether oxygens (including phenoxy) is 1. The predicted octanol–water partition coefficient (Wildman–Crippen LogP) is 9.26. The number of hydrogen-bond acceptors (Lipinski definition) is 3. The molecule has 0 spiro atoms. The average Bonchev–Trinajstić information content (AvgIpc) is 3.42. The summed E-state index contributed by atoms with van der Waals surface area (Å²) in [5.74, 6) is 1.81. The molecule has 0 saturated carbocycles. The summed E-state index contributed by atoms with van der Waals surface area (Å²) in [6.07, 6.45) is 7.69. The van der Waals surface area contributed by atoms with E-state index in [9.17, 15) is 0 Å². The van der Waals surface area contributed by atoms with E-state index in [1.807, 2.05) is 48.7 Å². The minimum absolute atomic E-state index is 0.295. The quantitative estimate of drug-likeness (QED) is 0.185. The number of benzene rings is 4. The summed E-state index contributed by atoms with van der Waals surface area (Å²) in [4.78, 5) is 4.71. The first-order chi connectivity index (χ1) is 18.1. The topological polar surface area (TPSA) is 33.6 Å². The van der Waals surface area contributed by atoms with Crippen LogP contribution in [0.15, 0.2) is 113 Å². The van der Waals surface area contributed by atoms with Crippen molar-refractivity contribution in [2.24, 2.45) is 10.9 Å². The van der Waals surface area contributed by atoms with Gasteiger partial charge in [0, 0.05) is 22.8 Å². The lowest BCUT2D eigenvalue weighted by Gasteiger charge is -2.37. The molecule has 37 heavy (non-hydrogen) atoms. The van der Waals surface area contributed by atoms with Crippen LogP contribution in [-0.4, -0.2) is 6.21 Å². The lowest BCUT2D eigenvalue weighted by Crippen LogP contribution is -2.28. The SMILES string of the molecule is Clc1cccc(COc2ccc(C=Nc3ccc([C@@H]4Nc5ccccc5[C@H]5C=CC[C@H]54)cc3)cc2Br)c1. The molecule has 0 unspecified atom stereocenters. The zero-order valence-corrected chi connectivity index (χ0v) is 22.5. The van der Waals surface area contributed by atoms with Crippen LogP contribution in [0.3, 0.4) is 0 Å². The Balaban J connectivity index is 1.12. The molecule has 0 aromatic heterocycles. The number of rotatable bonds is 6. The second-order valence-corrected chi connectivity index (χ2v) is 10.8. The maximum absolute atomic E-state index is 6.07. The number of anilines is 1. The molecule has 4 aromatic carbocycles. The number of nitrogens with zero attached hydrogens (tertiary/aromatic N) is 1. The first-order valence-electron chi connectivity index (χ1n) is 12.5. The fourth-order valence-corrected chi connectivity index (χ4v) is 6.02. The van der Waals surface area contributed by atoms with Crippen LogP contribution in [0.1, 0.15) is 40.6 Å². The summed E-state index contributed by atoms with van der Waals surface area (Å²) >= 11 is 9.69. The summed E-state index contributed by atoms with van der Waals surface area (Å²) in [6.45, 7) is 0.456. The van der Waals surface area contributed by atoms with Crippen LogP contribution in [0.25, 0.3) is 0 Å². The third kappa shape index (κ3) is 5.22. The van der Waals surface area contributed by atoms with Gasteiger partial charge in [0.1, 0.15) is 12.4 Å². The maximum atomic E-state index is 6.07. The second-order valence-electron chi connectivity index (χ2n) is 9.52. The molecule has 1 aliphatic carbocycles. The summed E-state index contributed by atoms with van der Waals surface area (Å²) in [5.41, 5.74) is 6.91. The Hall–Kier alpha value is -3.34. The first-order valence-corrected chi connectivity index (χ1v) is 13.6. The van der Waals surface area contributed by atoms with Crippen molar-refractivity contribution >= 4 is 45.1 Å². The van der Waals surface area contributed by atoms with Crippen LogP contribution < -0.4 is 10.1 Å². The third-order valence-corrected chi connectivity index (χ3v) is 7.98. The molecule has 1 aliphatic heterocycles. The Morgan fingerprint density at radius 2 is 1.84 bits per heavy atom. The van der Waals surface area contributed by atoms with Gasteiger partial charge in [0.25, 0.3) is 0 Å². The van der Waals surface area contributed by atoms with Crippen molar-refractivity contribution in [2.45, 2.75) is 25.0 Å². The average molecular weight is 570 g/mol. The van der Waals surface area contributed by atoms with Gasteiger partial charge in [-0.2, -0.15) is 0 Å². The molecular formula is C32H26BrClN2O. The van der Waals surface area contributed by atoms with E-state index in [0.29, 0.717) is 29.5 Å². The molecular weight excluding hydrogens is 544 g/mol. The number of hydrogen-bond donors (Lipinski definition) is 1. The van der Waals surface area contributed by atoms with Crippen LogP contribution in [0.2, 0.25) is 5.02 Å². The lowest BCUT2D eigenvalue weighted by atomic mass is 9.77. The van der Waals surface area contributed by atoms with Gasteiger partial charge in [-0.15, -0.1) is 0 Å². The van der Waals surface area contributed by atoms with Crippen molar-refractivity contribution in [3.63, 3.8) is 0 Å². The summed E-state index contributed by atoms with van der Waals surface area (Å²) in [6, 6.07) is 31.3. The number of allylic oxidation sites excluding steroid dienone is 2. The molecule has 0 radical (unpaired) electrons. The number of aliphatic imine (C=N–C) groups is 1. The summed E-state index contributed by atoms with van der Waals surface area (Å²) < 4.78 is 6.84. The molecule has 6 rings (SSSR count). The van der Waals surface area contributed by atoms with Gasteiger partial charge in [0.2, 0.25) is 0 Å². The molecule has 5 heteroatoms. The van der Waals surface area contributed by atoms with Gasteiger partial charge in [-0.3, -0.25) is 4.99 Å². The molecule has 184 valence electrons. The van der Waals surface area contributed by atoms with E-state index in [1.54, 1.807) is 0 Å². The fraction of sp³-hybridized carbons (Fsp3) is 0.156. The van der Waals surface area contributed by atoms with E-state index in [0.717, 1.165) is 33.5 Å². The first kappa shape index (κ1) is 24.0. The number of halogens is 2. The monoisotopic (exact) mass is 568 g/mol. The Morgan fingerprint density at radius 1 is 0.973 bits per heavy atom. The van der Waals surface area contributed by atoms with Crippen molar-refractivity contribution in [3.05, 3.63) is 135 Å². The minimum atomic E-state index is 0.295. The van der Waals surface area contributed by atoms with Crippen LogP contribution >= 0.6 is 27.5 Å². The Labute approximate surface area is 231 Å². The molecule has 0 amide bonds. The highest BCUT2D eigenvalue weighted by molar-refractivity contribution is 9.10. The maximum Gasteiger partial charge on any atom is 0.134 e. The lowest BCUT2D eigenvalue weighted by molar-refractivity contribution is 0.304. The summed E-state index contributed by atoms with van der Waals surface area (Å²) in [7, 11) is 0. The van der Waals surface area contributed by atoms with E-state index in [2.05, 4.69) is 81.9 Å². The zero-order chi connectivity index (χ0) is 25.2. The Bertz CT molecular complexity index is 1480. The molecule has 1 N–H and O–H groups in total. The Kier molecular flexibility index (Phi) is 6.86. The number of fused-ring (bicyclic) bond motifs is 3. The largest absolute Gasteiger partial charge is 0.488 e. The van der Waals surface area contributed by atoms with E-state index in [1.165, 1.54) is 16.8 Å². The standard InChI is InChI=1S/C32H26BrClN2O/c33-29-18-21(11-16-31(29)37-20-22-5-3-6-24(34)17-22)19-35-25-14-12-23(13-15-25)32-28-9-4-8-26(28)27-7-1-2-10-30(27)36-32/h1-8,10-19,26,28,32,36H,9,20H2/t26-,28-,32+/m1/s1. The van der Waals surface area contributed by atoms with E-state index in [-0.39, 0.29) is 0 Å². The molecule has 3 atom stereocenters. The fourth-order valence-electron chi connectivity index (χ4n) is 5.29. The van der Waals surface area contributed by atoms with Crippen molar-refractivity contribution in [1.82, 2.24) is 0 Å². The zero-order valence-electron chi connectivity index (χ0n) is 20.1. The van der Waals surface area contributed by atoms with Gasteiger partial charge in [-0.25, -0.2) is 0 Å². The smallest absolute Gasteiger partial charge is 0.134 e. The van der Waals surface area contributed by atoms with E-state index >= 15 is 0 Å². The second kappa shape index (κ2) is 10.6. The minimum Gasteiger partial charge on any atom is -0.488 e. The van der Waals surface area contributed by atoms with Crippen LogP contribution in [0, 0.1) is 5.92 Å². The molecule has 0 bridgehead atoms. The number of para-hydroxylation sites is 1. The van der Waals surface area contributed by atoms with Crippen LogP contribution in [-0.2, 0) is 6.61 Å². The molecule has 0 saturated heterocycles. The van der Waals surface area contributed by atoms with Gasteiger partial charge in [-0.1, -0.05) is 66.2 Å². The van der Waals surface area contributed by atoms with Crippen LogP contribution in [0.5, 0.6) is 5.75 Å². The highest BCUT2D eigenvalue weighted by atomic mass is 79.9.